The standard InChI is InChI=1S/C13H21BrN2/c1-10-8-11(2)13(12(14)9-10)15-6-5-7-16(3)4/h8-9,15H,5-7H2,1-4H3. The molecular formula is C13H21BrN2. The van der Waals surface area contributed by atoms with Crippen LogP contribution >= 0.6 is 15.9 Å². The Kier molecular flexibility index (Phi) is 5.29. The van der Waals surface area contributed by atoms with Crippen LogP contribution in [0.2, 0.25) is 0 Å². The average molecular weight is 285 g/mol. The molecule has 2 nitrogen and oxygen atoms in total. The van der Waals surface area contributed by atoms with Crippen LogP contribution in [0.5, 0.6) is 0 Å². The van der Waals surface area contributed by atoms with Crippen molar-refractivity contribution in [2.75, 3.05) is 32.5 Å². The van der Waals surface area contributed by atoms with Gasteiger partial charge in [0.05, 0.1) is 5.69 Å². The molecule has 0 heterocycles. The summed E-state index contributed by atoms with van der Waals surface area (Å²) in [4.78, 5) is 2.21. The van der Waals surface area contributed by atoms with Crippen LogP contribution in [-0.4, -0.2) is 32.1 Å². The summed E-state index contributed by atoms with van der Waals surface area (Å²) in [6.07, 6.45) is 1.16. The highest BCUT2D eigenvalue weighted by Gasteiger charge is 2.03. The normalized spacial score (nSPS) is 10.9. The van der Waals surface area contributed by atoms with Gasteiger partial charge in [-0.1, -0.05) is 6.07 Å². The Morgan fingerprint density at radius 2 is 1.94 bits per heavy atom. The average Bonchev–Trinajstić information content (AvgIpc) is 2.14. The van der Waals surface area contributed by atoms with E-state index in [1.165, 1.54) is 16.8 Å². The molecule has 0 fully saturated rings. The van der Waals surface area contributed by atoms with Crippen molar-refractivity contribution in [1.82, 2.24) is 4.90 Å². The summed E-state index contributed by atoms with van der Waals surface area (Å²) in [6.45, 7) is 6.40. The summed E-state index contributed by atoms with van der Waals surface area (Å²) in [5, 5.41) is 3.49. The Hall–Kier alpha value is -0.540. The Morgan fingerprint density at radius 1 is 1.25 bits per heavy atom. The third-order valence-electron chi connectivity index (χ3n) is 2.52. The summed E-state index contributed by atoms with van der Waals surface area (Å²) in [7, 11) is 4.21. The molecule has 0 aliphatic heterocycles. The van der Waals surface area contributed by atoms with Gasteiger partial charge in [-0.2, -0.15) is 0 Å². The topological polar surface area (TPSA) is 15.3 Å². The van der Waals surface area contributed by atoms with Crippen LogP contribution in [0.25, 0.3) is 0 Å². The molecule has 0 saturated carbocycles. The molecule has 0 aliphatic carbocycles. The van der Waals surface area contributed by atoms with E-state index in [0.29, 0.717) is 0 Å². The first kappa shape index (κ1) is 13.5. The van der Waals surface area contributed by atoms with Crippen molar-refractivity contribution < 1.29 is 0 Å². The maximum Gasteiger partial charge on any atom is 0.0514 e. The molecule has 0 bridgehead atoms. The van der Waals surface area contributed by atoms with E-state index in [9.17, 15) is 0 Å². The van der Waals surface area contributed by atoms with E-state index >= 15 is 0 Å². The number of aryl methyl sites for hydroxylation is 2. The number of nitrogens with zero attached hydrogens (tertiary/aromatic N) is 1. The molecule has 0 saturated heterocycles. The van der Waals surface area contributed by atoms with Crippen molar-refractivity contribution in [1.29, 1.82) is 0 Å². The quantitative estimate of drug-likeness (QED) is 0.834. The van der Waals surface area contributed by atoms with Crippen LogP contribution in [0.4, 0.5) is 5.69 Å². The van der Waals surface area contributed by atoms with Crippen molar-refractivity contribution in [3.05, 3.63) is 27.7 Å². The minimum absolute atomic E-state index is 1.01. The minimum atomic E-state index is 1.01. The predicted octanol–water partition coefficient (Wildman–Crippen LogP) is 3.43. The molecule has 0 aliphatic rings. The van der Waals surface area contributed by atoms with Crippen molar-refractivity contribution in [3.63, 3.8) is 0 Å². The predicted molar refractivity (Wildman–Crippen MR) is 75.3 cm³/mol. The van der Waals surface area contributed by atoms with Crippen molar-refractivity contribution in [2.45, 2.75) is 20.3 Å². The molecule has 3 heteroatoms. The zero-order valence-electron chi connectivity index (χ0n) is 10.6. The molecule has 0 radical (unpaired) electrons. The third kappa shape index (κ3) is 4.14. The molecule has 0 aromatic heterocycles. The van der Waals surface area contributed by atoms with E-state index in [2.05, 4.69) is 66.2 Å². The van der Waals surface area contributed by atoms with E-state index in [0.717, 1.165) is 24.0 Å². The first-order valence-electron chi connectivity index (χ1n) is 5.66. The smallest absolute Gasteiger partial charge is 0.0514 e. The lowest BCUT2D eigenvalue weighted by Gasteiger charge is -2.14. The molecule has 16 heavy (non-hydrogen) atoms. The second-order valence-electron chi connectivity index (χ2n) is 4.52. The molecule has 1 aromatic carbocycles. The second-order valence-corrected chi connectivity index (χ2v) is 5.38. The van der Waals surface area contributed by atoms with Crippen molar-refractivity contribution in [3.8, 4) is 0 Å². The lowest BCUT2D eigenvalue weighted by Crippen LogP contribution is -2.16. The van der Waals surface area contributed by atoms with Gasteiger partial charge in [0, 0.05) is 11.0 Å². The van der Waals surface area contributed by atoms with Gasteiger partial charge in [0.25, 0.3) is 0 Å². The van der Waals surface area contributed by atoms with Gasteiger partial charge >= 0.3 is 0 Å². The Labute approximate surface area is 107 Å². The van der Waals surface area contributed by atoms with Gasteiger partial charge in [0.2, 0.25) is 0 Å². The Balaban J connectivity index is 2.54. The van der Waals surface area contributed by atoms with E-state index in [-0.39, 0.29) is 0 Å². The van der Waals surface area contributed by atoms with Crippen LogP contribution in [-0.2, 0) is 0 Å². The Morgan fingerprint density at radius 3 is 2.50 bits per heavy atom. The molecule has 0 amide bonds. The molecule has 1 N–H and O–H groups in total. The zero-order chi connectivity index (χ0) is 12.1. The third-order valence-corrected chi connectivity index (χ3v) is 3.14. The molecule has 1 rings (SSSR count). The summed E-state index contributed by atoms with van der Waals surface area (Å²) in [5.74, 6) is 0. The van der Waals surface area contributed by atoms with E-state index in [1.54, 1.807) is 0 Å². The van der Waals surface area contributed by atoms with Crippen LogP contribution in [0.3, 0.4) is 0 Å². The summed E-state index contributed by atoms with van der Waals surface area (Å²) >= 11 is 3.61. The molecular weight excluding hydrogens is 264 g/mol. The second kappa shape index (κ2) is 6.26. The van der Waals surface area contributed by atoms with E-state index in [1.807, 2.05) is 0 Å². The Bertz CT molecular complexity index is 325. The monoisotopic (exact) mass is 284 g/mol. The highest BCUT2D eigenvalue weighted by atomic mass is 79.9. The molecule has 1 aromatic rings. The number of nitrogens with one attached hydrogen (secondary N) is 1. The molecule has 0 unspecified atom stereocenters. The fraction of sp³-hybridized carbons (Fsp3) is 0.538. The van der Waals surface area contributed by atoms with Gasteiger partial charge in [-0.3, -0.25) is 0 Å². The number of rotatable bonds is 5. The van der Waals surface area contributed by atoms with Gasteiger partial charge in [-0.25, -0.2) is 0 Å². The number of benzene rings is 1. The van der Waals surface area contributed by atoms with Gasteiger partial charge in [0.1, 0.15) is 0 Å². The fourth-order valence-electron chi connectivity index (χ4n) is 1.75. The zero-order valence-corrected chi connectivity index (χ0v) is 12.2. The van der Waals surface area contributed by atoms with Gasteiger partial charge in [-0.05, 0) is 74.0 Å². The molecule has 0 spiro atoms. The fourth-order valence-corrected chi connectivity index (χ4v) is 2.56. The van der Waals surface area contributed by atoms with E-state index < -0.39 is 0 Å². The SMILES string of the molecule is Cc1cc(C)c(NCCCN(C)C)c(Br)c1. The van der Waals surface area contributed by atoms with Crippen LogP contribution in [0.15, 0.2) is 16.6 Å². The lowest BCUT2D eigenvalue weighted by molar-refractivity contribution is 0.405. The first-order chi connectivity index (χ1) is 7.50. The maximum atomic E-state index is 3.61. The first-order valence-corrected chi connectivity index (χ1v) is 6.45. The minimum Gasteiger partial charge on any atom is -0.384 e. The van der Waals surface area contributed by atoms with Crippen molar-refractivity contribution in [2.24, 2.45) is 0 Å². The summed E-state index contributed by atoms with van der Waals surface area (Å²) in [6, 6.07) is 4.36. The number of hydrogen-bond donors (Lipinski definition) is 1. The van der Waals surface area contributed by atoms with Crippen molar-refractivity contribution >= 4 is 21.6 Å². The maximum absolute atomic E-state index is 3.61. The van der Waals surface area contributed by atoms with Gasteiger partial charge < -0.3 is 10.2 Å². The van der Waals surface area contributed by atoms with Crippen LogP contribution in [0, 0.1) is 13.8 Å². The number of anilines is 1. The van der Waals surface area contributed by atoms with Gasteiger partial charge in [-0.15, -0.1) is 0 Å². The molecule has 90 valence electrons. The molecule has 0 atom stereocenters. The number of halogens is 1. The largest absolute Gasteiger partial charge is 0.384 e. The summed E-state index contributed by atoms with van der Waals surface area (Å²) in [5.41, 5.74) is 3.82. The lowest BCUT2D eigenvalue weighted by atomic mass is 10.1. The number of hydrogen-bond acceptors (Lipinski definition) is 2. The highest BCUT2D eigenvalue weighted by Crippen LogP contribution is 2.27. The highest BCUT2D eigenvalue weighted by molar-refractivity contribution is 9.10. The van der Waals surface area contributed by atoms with Crippen LogP contribution in [0.1, 0.15) is 17.5 Å². The van der Waals surface area contributed by atoms with Gasteiger partial charge in [0.15, 0.2) is 0 Å². The summed E-state index contributed by atoms with van der Waals surface area (Å²) < 4.78 is 1.16. The van der Waals surface area contributed by atoms with E-state index in [4.69, 9.17) is 0 Å². The van der Waals surface area contributed by atoms with Crippen LogP contribution < -0.4 is 5.32 Å².